The number of aliphatic hydroxyl groups excluding tert-OH is 7. The van der Waals surface area contributed by atoms with Crippen molar-refractivity contribution in [3.63, 3.8) is 0 Å². The number of aliphatic carboxylic acids is 1. The second kappa shape index (κ2) is 18.8. The first kappa shape index (κ1) is 38.9. The van der Waals surface area contributed by atoms with Gasteiger partial charge in [0.1, 0.15) is 48.8 Å². The number of hydrogen-bond donors (Lipinski definition) is 8. The Bertz CT molecular complexity index is 1240. The van der Waals surface area contributed by atoms with E-state index in [2.05, 4.69) is 0 Å². The van der Waals surface area contributed by atoms with E-state index in [0.29, 0.717) is 0 Å². The Labute approximate surface area is 266 Å². The van der Waals surface area contributed by atoms with Crippen molar-refractivity contribution in [2.45, 2.75) is 89.1 Å². The van der Waals surface area contributed by atoms with Crippen molar-refractivity contribution in [3.05, 3.63) is 83.1 Å². The quantitative estimate of drug-likeness (QED) is 0.0725. The molecular weight excluding hydrogens is 608 g/mol. The maximum Gasteiger partial charge on any atom is 0.336 e. The van der Waals surface area contributed by atoms with Gasteiger partial charge in [0.05, 0.1) is 13.2 Å². The van der Waals surface area contributed by atoms with E-state index >= 15 is 0 Å². The minimum Gasteiger partial charge on any atom is -0.478 e. The molecule has 46 heavy (non-hydrogen) atoms. The Kier molecular flexibility index (Phi) is 15.9. The topological polar surface area (TPSA) is 233 Å². The number of carbonyl (C=O) groups is 2. The van der Waals surface area contributed by atoms with Gasteiger partial charge >= 0.3 is 11.9 Å². The molecular formula is C32H44O14. The summed E-state index contributed by atoms with van der Waals surface area (Å²) < 4.78 is 21.3. The number of hydrogen-bond acceptors (Lipinski definition) is 13. The third kappa shape index (κ3) is 11.5. The lowest BCUT2D eigenvalue weighted by Crippen LogP contribution is -2.61. The summed E-state index contributed by atoms with van der Waals surface area (Å²) >= 11 is 0. The Morgan fingerprint density at radius 3 is 1.63 bits per heavy atom. The molecule has 14 heteroatoms. The van der Waals surface area contributed by atoms with Crippen LogP contribution in [0.1, 0.15) is 27.7 Å². The molecule has 0 unspecified atom stereocenters. The van der Waals surface area contributed by atoms with Gasteiger partial charge in [-0.1, -0.05) is 71.9 Å². The average molecular weight is 653 g/mol. The monoisotopic (exact) mass is 652 g/mol. The third-order valence-corrected chi connectivity index (χ3v) is 7.06. The van der Waals surface area contributed by atoms with Crippen LogP contribution in [0.25, 0.3) is 0 Å². The molecule has 0 saturated carbocycles. The highest BCUT2D eigenvalue weighted by atomic mass is 16.7. The average Bonchev–Trinajstić information content (AvgIpc) is 3.02. The summed E-state index contributed by atoms with van der Waals surface area (Å²) in [6.07, 6.45) is 0.855. The zero-order valence-electron chi connectivity index (χ0n) is 26.0. The highest BCUT2D eigenvalue weighted by Gasteiger charge is 2.48. The standard InChI is InChI=1S/C32H44O14/c1-17(11-7-13-19(3)29(40)41)9-5-6-10-18(2)12-8-14-20(4)30(42)46-32-28(39)26(37)24(35)22(45-32)16-43-31-27(38)25(36)23(34)21(15-33)44-31/h5-14,21-28,31-39H,15-16H2,1-4H3,(H,40,41)/b6-5+,11-7+,12-8+,17-9+,18-10+,19-13+,20-14+/t21-,22-,23-,24-,25+,26+,27-,28-,31-,32+/m1/s1. The Morgan fingerprint density at radius 2 is 1.11 bits per heavy atom. The van der Waals surface area contributed by atoms with E-state index < -0.39 is 86.6 Å². The maximum absolute atomic E-state index is 12.6. The van der Waals surface area contributed by atoms with Crippen LogP contribution < -0.4 is 0 Å². The molecule has 10 atom stereocenters. The molecule has 2 fully saturated rings. The predicted molar refractivity (Wildman–Crippen MR) is 163 cm³/mol. The SMILES string of the molecule is CC(/C=C/C=C(\C)C(=O)O)=C\C=C\C=C(C)\C=C\C=C(/C)C(=O)O[C@@H]1O[C@H](CO[C@@H]2O[C@H](CO)[C@@H](O)[C@H](O)[C@H]2O)[C@@H](O)[C@H](O)[C@H]1O. The number of carbonyl (C=O) groups excluding carboxylic acids is 1. The van der Waals surface area contributed by atoms with Crippen LogP contribution in [0.15, 0.2) is 83.1 Å². The zero-order valence-corrected chi connectivity index (χ0v) is 26.0. The van der Waals surface area contributed by atoms with E-state index in [4.69, 9.17) is 24.1 Å². The van der Waals surface area contributed by atoms with E-state index in [0.717, 1.165) is 11.1 Å². The van der Waals surface area contributed by atoms with Crippen molar-refractivity contribution < 1.29 is 69.4 Å². The predicted octanol–water partition coefficient (Wildman–Crippen LogP) is -0.308. The number of rotatable bonds is 13. The Morgan fingerprint density at radius 1 is 0.630 bits per heavy atom. The van der Waals surface area contributed by atoms with Gasteiger partial charge in [-0.2, -0.15) is 0 Å². The first-order valence-corrected chi connectivity index (χ1v) is 14.5. The van der Waals surface area contributed by atoms with Crippen molar-refractivity contribution in [1.29, 1.82) is 0 Å². The van der Waals surface area contributed by atoms with Crippen LogP contribution in [0.2, 0.25) is 0 Å². The zero-order chi connectivity index (χ0) is 34.6. The normalized spacial score (nSPS) is 33.7. The lowest BCUT2D eigenvalue weighted by atomic mass is 9.98. The van der Waals surface area contributed by atoms with E-state index in [1.54, 1.807) is 30.4 Å². The minimum absolute atomic E-state index is 0.127. The summed E-state index contributed by atoms with van der Waals surface area (Å²) in [5, 5.41) is 79.1. The van der Waals surface area contributed by atoms with Gasteiger partial charge in [0.2, 0.25) is 6.29 Å². The van der Waals surface area contributed by atoms with Crippen LogP contribution in [0, 0.1) is 0 Å². The van der Waals surface area contributed by atoms with Crippen molar-refractivity contribution in [2.24, 2.45) is 0 Å². The van der Waals surface area contributed by atoms with Crippen LogP contribution in [0.5, 0.6) is 0 Å². The van der Waals surface area contributed by atoms with Gasteiger partial charge < -0.3 is 59.8 Å². The van der Waals surface area contributed by atoms with E-state index in [1.807, 2.05) is 32.1 Å². The molecule has 0 aromatic rings. The molecule has 0 radical (unpaired) electrons. The highest BCUT2D eigenvalue weighted by Crippen LogP contribution is 2.26. The second-order valence-corrected chi connectivity index (χ2v) is 10.9. The number of allylic oxidation sites excluding steroid dienone is 12. The molecule has 0 aromatic carbocycles. The molecule has 2 saturated heterocycles. The number of esters is 1. The first-order valence-electron chi connectivity index (χ1n) is 14.5. The molecule has 2 aliphatic rings. The largest absolute Gasteiger partial charge is 0.478 e. The van der Waals surface area contributed by atoms with Gasteiger partial charge in [-0.15, -0.1) is 0 Å². The fourth-order valence-corrected chi connectivity index (χ4v) is 4.10. The summed E-state index contributed by atoms with van der Waals surface area (Å²) in [6.45, 7) is 5.43. The molecule has 2 aliphatic heterocycles. The van der Waals surface area contributed by atoms with Gasteiger partial charge in [-0.05, 0) is 27.7 Å². The lowest BCUT2D eigenvalue weighted by Gasteiger charge is -2.42. The van der Waals surface area contributed by atoms with Gasteiger partial charge in [0, 0.05) is 11.1 Å². The number of carboxylic acid groups (broad SMARTS) is 1. The lowest BCUT2D eigenvalue weighted by molar-refractivity contribution is -0.326. The maximum atomic E-state index is 12.6. The highest BCUT2D eigenvalue weighted by molar-refractivity contribution is 5.88. The van der Waals surface area contributed by atoms with Crippen LogP contribution in [-0.2, 0) is 28.5 Å². The van der Waals surface area contributed by atoms with Gasteiger partial charge in [-0.3, -0.25) is 0 Å². The minimum atomic E-state index is -1.80. The molecule has 8 N–H and O–H groups in total. The van der Waals surface area contributed by atoms with Gasteiger partial charge in [-0.25, -0.2) is 9.59 Å². The van der Waals surface area contributed by atoms with Gasteiger partial charge in [0.25, 0.3) is 0 Å². The van der Waals surface area contributed by atoms with E-state index in [-0.39, 0.29) is 11.1 Å². The smallest absolute Gasteiger partial charge is 0.336 e. The van der Waals surface area contributed by atoms with Crippen LogP contribution in [-0.4, -0.2) is 127 Å². The van der Waals surface area contributed by atoms with Crippen LogP contribution in [0.3, 0.4) is 0 Å². The molecule has 0 aromatic heterocycles. The third-order valence-electron chi connectivity index (χ3n) is 7.06. The molecule has 0 spiro atoms. The van der Waals surface area contributed by atoms with E-state index in [1.165, 1.54) is 26.0 Å². The molecule has 256 valence electrons. The van der Waals surface area contributed by atoms with Crippen molar-refractivity contribution in [2.75, 3.05) is 13.2 Å². The fourth-order valence-electron chi connectivity index (χ4n) is 4.10. The summed E-state index contributed by atoms with van der Waals surface area (Å²) in [7, 11) is 0. The van der Waals surface area contributed by atoms with Crippen LogP contribution in [0.4, 0.5) is 0 Å². The van der Waals surface area contributed by atoms with E-state index in [9.17, 15) is 45.3 Å². The number of aliphatic hydroxyl groups is 7. The Balaban J connectivity index is 1.94. The number of ether oxygens (including phenoxy) is 4. The van der Waals surface area contributed by atoms with Crippen molar-refractivity contribution >= 4 is 11.9 Å². The molecule has 14 nitrogen and oxygen atoms in total. The van der Waals surface area contributed by atoms with Gasteiger partial charge in [0.15, 0.2) is 6.29 Å². The Hall–Kier alpha value is -3.28. The van der Waals surface area contributed by atoms with Crippen molar-refractivity contribution in [1.82, 2.24) is 0 Å². The molecule has 0 aliphatic carbocycles. The molecule has 2 rings (SSSR count). The molecule has 2 heterocycles. The summed E-state index contributed by atoms with van der Waals surface area (Å²) in [5.41, 5.74) is 2.11. The van der Waals surface area contributed by atoms with Crippen LogP contribution >= 0.6 is 0 Å². The summed E-state index contributed by atoms with van der Waals surface area (Å²) in [4.78, 5) is 23.4. The summed E-state index contributed by atoms with van der Waals surface area (Å²) in [5.74, 6) is -1.86. The fraction of sp³-hybridized carbons (Fsp3) is 0.500. The summed E-state index contributed by atoms with van der Waals surface area (Å²) in [6, 6.07) is 0. The molecule has 0 bridgehead atoms. The molecule has 0 amide bonds. The number of carboxylic acids is 1. The van der Waals surface area contributed by atoms with Crippen molar-refractivity contribution in [3.8, 4) is 0 Å². The second-order valence-electron chi connectivity index (χ2n) is 10.9. The first-order chi connectivity index (χ1) is 21.7.